The molecule has 0 saturated carbocycles. The van der Waals surface area contributed by atoms with E-state index in [0.29, 0.717) is 0 Å². The van der Waals surface area contributed by atoms with E-state index in [2.05, 4.69) is 0 Å². The molecule has 5 nitrogen and oxygen atoms in total. The van der Waals surface area contributed by atoms with Crippen LogP contribution in [0.3, 0.4) is 0 Å². The summed E-state index contributed by atoms with van der Waals surface area (Å²) in [7, 11) is -4.36. The minimum absolute atomic E-state index is 0.198. The van der Waals surface area contributed by atoms with Gasteiger partial charge in [-0.15, -0.1) is 0 Å². The number of aliphatic hydroxyl groups is 1. The van der Waals surface area contributed by atoms with Crippen LogP contribution in [0.4, 0.5) is 0 Å². The van der Waals surface area contributed by atoms with E-state index in [1.807, 2.05) is 0 Å². The van der Waals surface area contributed by atoms with Crippen LogP contribution in [-0.2, 0) is 16.5 Å². The molecule has 0 fully saturated rings. The van der Waals surface area contributed by atoms with Crippen molar-refractivity contribution in [2.45, 2.75) is 37.0 Å². The monoisotopic (exact) mass is 274 g/mol. The summed E-state index contributed by atoms with van der Waals surface area (Å²) in [4.78, 5) is -0.466. The van der Waals surface area contributed by atoms with Crippen molar-refractivity contribution in [2.24, 2.45) is 0 Å². The average Bonchev–Trinajstić information content (AvgIpc) is 2.27. The van der Waals surface area contributed by atoms with Crippen molar-refractivity contribution in [2.75, 3.05) is 6.61 Å². The molecular weight excluding hydrogens is 256 g/mol. The van der Waals surface area contributed by atoms with Gasteiger partial charge >= 0.3 is 0 Å². The number of benzene rings is 1. The largest absolute Gasteiger partial charge is 0.506 e. The minimum Gasteiger partial charge on any atom is -0.506 e. The highest BCUT2D eigenvalue weighted by Crippen LogP contribution is 2.24. The van der Waals surface area contributed by atoms with Crippen LogP contribution < -0.4 is 0 Å². The van der Waals surface area contributed by atoms with Gasteiger partial charge in [-0.25, -0.2) is 0 Å². The molecule has 0 atom stereocenters. The Labute approximate surface area is 107 Å². The van der Waals surface area contributed by atoms with Gasteiger partial charge in [-0.1, -0.05) is 18.9 Å². The third-order valence-corrected chi connectivity index (χ3v) is 3.58. The topological polar surface area (TPSA) is 94.8 Å². The second-order valence-corrected chi connectivity index (χ2v) is 5.55. The van der Waals surface area contributed by atoms with Crippen LogP contribution in [0.25, 0.3) is 0 Å². The molecule has 3 N–H and O–H groups in total. The molecule has 102 valence electrons. The van der Waals surface area contributed by atoms with Crippen molar-refractivity contribution in [3.63, 3.8) is 0 Å². The summed E-state index contributed by atoms with van der Waals surface area (Å²) in [6.07, 6.45) is 4.34. The number of hydrogen-bond donors (Lipinski definition) is 3. The highest BCUT2D eigenvalue weighted by atomic mass is 32.2. The maximum Gasteiger partial charge on any atom is 0.298 e. The zero-order valence-corrected chi connectivity index (χ0v) is 10.9. The molecule has 0 spiro atoms. The van der Waals surface area contributed by atoms with Crippen molar-refractivity contribution in [1.29, 1.82) is 0 Å². The molecule has 0 bridgehead atoms. The minimum atomic E-state index is -4.36. The van der Waals surface area contributed by atoms with E-state index in [9.17, 15) is 13.5 Å². The lowest BCUT2D eigenvalue weighted by Crippen LogP contribution is -1.99. The molecule has 0 unspecified atom stereocenters. The highest BCUT2D eigenvalue weighted by molar-refractivity contribution is 7.86. The highest BCUT2D eigenvalue weighted by Gasteiger charge is 2.14. The van der Waals surface area contributed by atoms with Crippen LogP contribution in [-0.4, -0.2) is 29.8 Å². The molecule has 1 aromatic carbocycles. The molecule has 0 radical (unpaired) electrons. The van der Waals surface area contributed by atoms with Crippen LogP contribution in [0.1, 0.15) is 31.2 Å². The van der Waals surface area contributed by atoms with Crippen molar-refractivity contribution >= 4 is 10.1 Å². The fraction of sp³-hybridized carbons (Fsp3) is 0.500. The van der Waals surface area contributed by atoms with Crippen LogP contribution in [0.5, 0.6) is 5.75 Å². The predicted octanol–water partition coefficient (Wildman–Crippen LogP) is 1.73. The van der Waals surface area contributed by atoms with Crippen LogP contribution in [0, 0.1) is 0 Å². The van der Waals surface area contributed by atoms with Crippen molar-refractivity contribution in [3.8, 4) is 5.75 Å². The molecule has 0 aliphatic carbocycles. The Morgan fingerprint density at radius 1 is 1.06 bits per heavy atom. The van der Waals surface area contributed by atoms with Gasteiger partial charge < -0.3 is 10.2 Å². The first-order valence-corrected chi connectivity index (χ1v) is 7.29. The zero-order valence-electron chi connectivity index (χ0n) is 10.0. The van der Waals surface area contributed by atoms with Crippen LogP contribution in [0.2, 0.25) is 0 Å². The lowest BCUT2D eigenvalue weighted by atomic mass is 10.1. The molecule has 0 aromatic heterocycles. The van der Waals surface area contributed by atoms with E-state index < -0.39 is 20.8 Å². The standard InChI is InChI=1S/C12H18O5S/c13-8-4-2-1-3-5-10-6-7-12(11(14)9-10)18(15,16)17/h6-7,9,13-14H,1-5,8H2,(H,15,16,17). The summed E-state index contributed by atoms with van der Waals surface area (Å²) in [5.74, 6) is -0.426. The van der Waals surface area contributed by atoms with E-state index in [0.717, 1.165) is 37.7 Å². The Morgan fingerprint density at radius 2 is 1.72 bits per heavy atom. The van der Waals surface area contributed by atoms with Gasteiger partial charge in [0.15, 0.2) is 0 Å². The van der Waals surface area contributed by atoms with Crippen molar-refractivity contribution in [1.82, 2.24) is 0 Å². The summed E-state index contributed by atoms with van der Waals surface area (Å²) in [6, 6.07) is 4.14. The van der Waals surface area contributed by atoms with E-state index in [1.54, 1.807) is 6.07 Å². The van der Waals surface area contributed by atoms with Gasteiger partial charge in [0.05, 0.1) is 0 Å². The Kier molecular flexibility index (Phi) is 5.58. The fourth-order valence-corrected chi connectivity index (χ4v) is 2.29. The number of phenols is 1. The van der Waals surface area contributed by atoms with Crippen molar-refractivity contribution in [3.05, 3.63) is 23.8 Å². The second kappa shape index (κ2) is 6.72. The number of aliphatic hydroxyl groups excluding tert-OH is 1. The molecule has 0 saturated heterocycles. The van der Waals surface area contributed by atoms with Gasteiger partial charge in [0, 0.05) is 6.61 Å². The number of unbranched alkanes of at least 4 members (excludes halogenated alkanes) is 3. The molecular formula is C12H18O5S. The normalized spacial score (nSPS) is 11.7. The van der Waals surface area contributed by atoms with E-state index >= 15 is 0 Å². The van der Waals surface area contributed by atoms with E-state index in [-0.39, 0.29) is 6.61 Å². The summed E-state index contributed by atoms with van der Waals surface area (Å²) < 4.78 is 30.6. The molecule has 1 aromatic rings. The maximum atomic E-state index is 10.9. The lowest BCUT2D eigenvalue weighted by Gasteiger charge is -2.05. The van der Waals surface area contributed by atoms with Gasteiger partial charge in [0.2, 0.25) is 0 Å². The number of phenolic OH excluding ortho intramolecular Hbond substituents is 1. The molecule has 1 rings (SSSR count). The predicted molar refractivity (Wildman–Crippen MR) is 67.2 cm³/mol. The first-order chi connectivity index (χ1) is 8.45. The van der Waals surface area contributed by atoms with E-state index in [1.165, 1.54) is 12.1 Å². The summed E-state index contributed by atoms with van der Waals surface area (Å²) >= 11 is 0. The molecule has 0 amide bonds. The Morgan fingerprint density at radius 3 is 2.28 bits per heavy atom. The number of aryl methyl sites for hydroxylation is 1. The average molecular weight is 274 g/mol. The fourth-order valence-electron chi connectivity index (χ4n) is 1.73. The van der Waals surface area contributed by atoms with Gasteiger partial charge in [-0.2, -0.15) is 8.42 Å². The lowest BCUT2D eigenvalue weighted by molar-refractivity contribution is 0.282. The Bertz CT molecular complexity index is 481. The summed E-state index contributed by atoms with van der Waals surface area (Å²) in [6.45, 7) is 0.198. The number of hydrogen-bond acceptors (Lipinski definition) is 4. The SMILES string of the molecule is O=S(=O)(O)c1ccc(CCCCCCO)cc1O. The van der Waals surface area contributed by atoms with Gasteiger partial charge in [-0.3, -0.25) is 4.55 Å². The Hall–Kier alpha value is -1.11. The maximum absolute atomic E-state index is 10.9. The molecule has 0 aliphatic rings. The summed E-state index contributed by atoms with van der Waals surface area (Å²) in [5, 5.41) is 18.1. The van der Waals surface area contributed by atoms with Gasteiger partial charge in [-0.05, 0) is 37.0 Å². The second-order valence-electron chi connectivity index (χ2n) is 4.16. The first-order valence-electron chi connectivity index (χ1n) is 5.85. The zero-order chi connectivity index (χ0) is 13.6. The van der Waals surface area contributed by atoms with Gasteiger partial charge in [0.25, 0.3) is 10.1 Å². The van der Waals surface area contributed by atoms with Gasteiger partial charge in [0.1, 0.15) is 10.6 Å². The molecule has 0 aliphatic heterocycles. The van der Waals surface area contributed by atoms with Crippen LogP contribution >= 0.6 is 0 Å². The number of rotatable bonds is 7. The first kappa shape index (κ1) is 14.9. The van der Waals surface area contributed by atoms with Crippen LogP contribution in [0.15, 0.2) is 23.1 Å². The molecule has 6 heteroatoms. The quantitative estimate of drug-likeness (QED) is 0.520. The molecule has 0 heterocycles. The number of aromatic hydroxyl groups is 1. The molecule has 18 heavy (non-hydrogen) atoms. The third-order valence-electron chi connectivity index (χ3n) is 2.67. The van der Waals surface area contributed by atoms with Crippen molar-refractivity contribution < 1.29 is 23.2 Å². The third kappa shape index (κ3) is 4.64. The summed E-state index contributed by atoms with van der Waals surface area (Å²) in [5.41, 5.74) is 0.823. The van der Waals surface area contributed by atoms with E-state index in [4.69, 9.17) is 9.66 Å². The smallest absolute Gasteiger partial charge is 0.298 e. The Balaban J connectivity index is 2.57.